The summed E-state index contributed by atoms with van der Waals surface area (Å²) in [5.41, 5.74) is 0.724. The zero-order valence-corrected chi connectivity index (χ0v) is 9.97. The first-order valence-electron chi connectivity index (χ1n) is 5.48. The summed E-state index contributed by atoms with van der Waals surface area (Å²) in [7, 11) is 0. The smallest absolute Gasteiger partial charge is 0.141 e. The van der Waals surface area contributed by atoms with E-state index in [1.54, 1.807) is 12.1 Å². The van der Waals surface area contributed by atoms with Gasteiger partial charge in [-0.1, -0.05) is 11.6 Å². The Morgan fingerprint density at radius 2 is 2.31 bits per heavy atom. The minimum atomic E-state index is -0.399. The molecule has 2 rings (SSSR count). The molecular weight excluding hydrogens is 227 g/mol. The molecule has 1 saturated heterocycles. The maximum atomic E-state index is 13.0. The van der Waals surface area contributed by atoms with Gasteiger partial charge in [0.2, 0.25) is 0 Å². The zero-order chi connectivity index (χ0) is 11.5. The number of likely N-dealkylation sites (tertiary alicyclic amines) is 1. The van der Waals surface area contributed by atoms with Gasteiger partial charge in [-0.2, -0.15) is 0 Å². The monoisotopic (exact) mass is 240 g/mol. The number of benzene rings is 1. The predicted octanol–water partition coefficient (Wildman–Crippen LogP) is 3.62. The lowest BCUT2D eigenvalue weighted by Gasteiger charge is -2.15. The Hall–Kier alpha value is -1.09. The third-order valence-electron chi connectivity index (χ3n) is 2.74. The van der Waals surface area contributed by atoms with Crippen molar-refractivity contribution in [1.82, 2.24) is 4.90 Å². The van der Waals surface area contributed by atoms with Crippen LogP contribution in [-0.4, -0.2) is 23.8 Å². The van der Waals surface area contributed by atoms with Crippen molar-refractivity contribution in [3.8, 4) is 0 Å². The van der Waals surface area contributed by atoms with Crippen LogP contribution in [0.1, 0.15) is 19.8 Å². The van der Waals surface area contributed by atoms with Crippen LogP contribution < -0.4 is 0 Å². The van der Waals surface area contributed by atoms with Crippen molar-refractivity contribution in [2.75, 3.05) is 13.1 Å². The van der Waals surface area contributed by atoms with Crippen LogP contribution in [0.25, 0.3) is 0 Å². The molecule has 1 aromatic carbocycles. The lowest BCUT2D eigenvalue weighted by atomic mass is 10.3. The Morgan fingerprint density at radius 3 is 3.00 bits per heavy atom. The number of nitrogens with zero attached hydrogens (tertiary/aromatic N) is 2. The van der Waals surface area contributed by atoms with Crippen molar-refractivity contribution >= 4 is 23.1 Å². The summed E-state index contributed by atoms with van der Waals surface area (Å²) in [6.45, 7) is 4.14. The molecule has 16 heavy (non-hydrogen) atoms. The first-order valence-corrected chi connectivity index (χ1v) is 5.86. The Bertz CT molecular complexity index is 417. The second-order valence-corrected chi connectivity index (χ2v) is 4.22. The molecule has 1 heterocycles. The molecule has 0 amide bonds. The van der Waals surface area contributed by atoms with Crippen LogP contribution in [0.15, 0.2) is 23.2 Å². The highest BCUT2D eigenvalue weighted by atomic mass is 35.5. The van der Waals surface area contributed by atoms with Crippen LogP contribution in [0.5, 0.6) is 0 Å². The molecule has 0 radical (unpaired) electrons. The van der Waals surface area contributed by atoms with Gasteiger partial charge in [-0.3, -0.25) is 0 Å². The molecule has 4 heteroatoms. The van der Waals surface area contributed by atoms with Crippen molar-refractivity contribution < 1.29 is 4.39 Å². The number of hydrogen-bond donors (Lipinski definition) is 0. The fourth-order valence-electron chi connectivity index (χ4n) is 1.89. The number of amidine groups is 1. The summed E-state index contributed by atoms with van der Waals surface area (Å²) in [4.78, 5) is 6.74. The van der Waals surface area contributed by atoms with Crippen LogP contribution in [0.4, 0.5) is 10.1 Å². The van der Waals surface area contributed by atoms with Crippen molar-refractivity contribution in [1.29, 1.82) is 0 Å². The standard InChI is InChI=1S/C12H14ClFN2/c1-2-16-7-3-4-12(16)15-9-5-6-11(14)10(13)8-9/h5-6,8H,2-4,7H2,1H3. The Labute approximate surface area is 99.7 Å². The normalized spacial score (nSPS) is 18.4. The summed E-state index contributed by atoms with van der Waals surface area (Å²) >= 11 is 5.71. The van der Waals surface area contributed by atoms with Gasteiger partial charge < -0.3 is 4.90 Å². The molecule has 0 bridgehead atoms. The number of aliphatic imine (C=N–C) groups is 1. The second-order valence-electron chi connectivity index (χ2n) is 3.81. The molecule has 1 aromatic rings. The maximum Gasteiger partial charge on any atom is 0.141 e. The van der Waals surface area contributed by atoms with E-state index in [1.165, 1.54) is 6.07 Å². The fourth-order valence-corrected chi connectivity index (χ4v) is 2.06. The van der Waals surface area contributed by atoms with Gasteiger partial charge in [-0.25, -0.2) is 9.38 Å². The van der Waals surface area contributed by atoms with E-state index < -0.39 is 5.82 Å². The van der Waals surface area contributed by atoms with Crippen molar-refractivity contribution in [2.45, 2.75) is 19.8 Å². The van der Waals surface area contributed by atoms with Crippen LogP contribution in [-0.2, 0) is 0 Å². The summed E-state index contributed by atoms with van der Waals surface area (Å²) in [6.07, 6.45) is 2.13. The number of hydrogen-bond acceptors (Lipinski definition) is 1. The van der Waals surface area contributed by atoms with E-state index in [9.17, 15) is 4.39 Å². The summed E-state index contributed by atoms with van der Waals surface area (Å²) < 4.78 is 13.0. The van der Waals surface area contributed by atoms with E-state index in [1.807, 2.05) is 0 Å². The summed E-state index contributed by atoms with van der Waals surface area (Å²) in [5, 5.41) is 0.128. The minimum absolute atomic E-state index is 0.128. The van der Waals surface area contributed by atoms with E-state index in [-0.39, 0.29) is 5.02 Å². The first kappa shape index (κ1) is 11.4. The highest BCUT2D eigenvalue weighted by molar-refractivity contribution is 6.31. The van der Waals surface area contributed by atoms with Crippen molar-refractivity contribution in [2.24, 2.45) is 4.99 Å². The van der Waals surface area contributed by atoms with Gasteiger partial charge in [0.25, 0.3) is 0 Å². The molecule has 1 fully saturated rings. The average Bonchev–Trinajstić information content (AvgIpc) is 2.71. The van der Waals surface area contributed by atoms with Crippen molar-refractivity contribution in [3.63, 3.8) is 0 Å². The topological polar surface area (TPSA) is 15.6 Å². The second kappa shape index (κ2) is 4.83. The van der Waals surface area contributed by atoms with Gasteiger partial charge in [0.05, 0.1) is 10.7 Å². The van der Waals surface area contributed by atoms with Crippen LogP contribution in [0.3, 0.4) is 0 Å². The number of rotatable bonds is 2. The SMILES string of the molecule is CCN1CCCC1=Nc1ccc(F)c(Cl)c1. The third kappa shape index (κ3) is 2.35. The first-order chi connectivity index (χ1) is 7.70. The third-order valence-corrected chi connectivity index (χ3v) is 3.03. The predicted molar refractivity (Wildman–Crippen MR) is 65.0 cm³/mol. The molecule has 0 atom stereocenters. The lowest BCUT2D eigenvalue weighted by Crippen LogP contribution is -2.23. The quantitative estimate of drug-likeness (QED) is 0.771. The molecular formula is C12H14ClFN2. The number of halogens is 2. The Morgan fingerprint density at radius 1 is 1.50 bits per heavy atom. The molecule has 0 spiro atoms. The highest BCUT2D eigenvalue weighted by Crippen LogP contribution is 2.23. The van der Waals surface area contributed by atoms with E-state index >= 15 is 0 Å². The largest absolute Gasteiger partial charge is 0.360 e. The molecule has 0 N–H and O–H groups in total. The molecule has 0 unspecified atom stereocenters. The van der Waals surface area contributed by atoms with E-state index in [4.69, 9.17) is 11.6 Å². The molecule has 0 aliphatic carbocycles. The molecule has 2 nitrogen and oxygen atoms in total. The molecule has 1 aliphatic heterocycles. The van der Waals surface area contributed by atoms with Gasteiger partial charge in [0.15, 0.2) is 0 Å². The van der Waals surface area contributed by atoms with Gasteiger partial charge in [-0.15, -0.1) is 0 Å². The Kier molecular flexibility index (Phi) is 3.44. The molecule has 1 aliphatic rings. The molecule has 0 aromatic heterocycles. The Balaban J connectivity index is 2.25. The van der Waals surface area contributed by atoms with Crippen LogP contribution >= 0.6 is 11.6 Å². The zero-order valence-electron chi connectivity index (χ0n) is 9.21. The van der Waals surface area contributed by atoms with Gasteiger partial charge in [0.1, 0.15) is 11.7 Å². The molecule has 0 saturated carbocycles. The van der Waals surface area contributed by atoms with E-state index in [0.717, 1.165) is 37.5 Å². The maximum absolute atomic E-state index is 13.0. The van der Waals surface area contributed by atoms with Gasteiger partial charge in [0, 0.05) is 19.5 Å². The minimum Gasteiger partial charge on any atom is -0.360 e. The van der Waals surface area contributed by atoms with Crippen LogP contribution in [0.2, 0.25) is 5.02 Å². The fraction of sp³-hybridized carbons (Fsp3) is 0.417. The highest BCUT2D eigenvalue weighted by Gasteiger charge is 2.16. The average molecular weight is 241 g/mol. The summed E-state index contributed by atoms with van der Waals surface area (Å²) in [6, 6.07) is 4.57. The van der Waals surface area contributed by atoms with E-state index in [0.29, 0.717) is 0 Å². The van der Waals surface area contributed by atoms with E-state index in [2.05, 4.69) is 16.8 Å². The van der Waals surface area contributed by atoms with Gasteiger partial charge in [-0.05, 0) is 31.5 Å². The van der Waals surface area contributed by atoms with Gasteiger partial charge >= 0.3 is 0 Å². The van der Waals surface area contributed by atoms with Crippen LogP contribution in [0, 0.1) is 5.82 Å². The van der Waals surface area contributed by atoms with Crippen molar-refractivity contribution in [3.05, 3.63) is 29.0 Å². The summed E-state index contributed by atoms with van der Waals surface area (Å²) in [5.74, 6) is 0.676. The lowest BCUT2D eigenvalue weighted by molar-refractivity contribution is 0.479. The molecule has 86 valence electrons.